The lowest BCUT2D eigenvalue weighted by Gasteiger charge is -2.05. The van der Waals surface area contributed by atoms with Crippen molar-refractivity contribution in [3.05, 3.63) is 48.0 Å². The molecule has 0 radical (unpaired) electrons. The standard InChI is InChI=1S/C12H15N3.2ClH/c1-15-9-8-14-12(15)7-6-10-4-2-3-5-11(10)13;;/h2-5,8-9H,6-7,13H2,1H3;2*1H. The molecule has 2 N–H and O–H groups in total. The number of imidazole rings is 1. The van der Waals surface area contributed by atoms with Crippen molar-refractivity contribution in [3.63, 3.8) is 0 Å². The third-order valence-corrected chi connectivity index (χ3v) is 2.59. The van der Waals surface area contributed by atoms with Gasteiger partial charge in [0.05, 0.1) is 0 Å². The van der Waals surface area contributed by atoms with Crippen LogP contribution in [-0.4, -0.2) is 9.55 Å². The molecule has 1 aromatic carbocycles. The van der Waals surface area contributed by atoms with Crippen LogP contribution in [-0.2, 0) is 19.9 Å². The topological polar surface area (TPSA) is 43.8 Å². The number of halogens is 2. The normalized spacial score (nSPS) is 9.24. The van der Waals surface area contributed by atoms with Gasteiger partial charge in [-0.05, 0) is 18.1 Å². The summed E-state index contributed by atoms with van der Waals surface area (Å²) in [5.41, 5.74) is 7.93. The van der Waals surface area contributed by atoms with Crippen LogP contribution < -0.4 is 5.73 Å². The summed E-state index contributed by atoms with van der Waals surface area (Å²) in [6.45, 7) is 0. The molecular weight excluding hydrogens is 257 g/mol. The highest BCUT2D eigenvalue weighted by Crippen LogP contribution is 2.13. The first kappa shape index (κ1) is 15.8. The molecular formula is C12H17Cl2N3. The number of benzene rings is 1. The number of nitrogen functional groups attached to an aromatic ring is 1. The molecule has 0 atom stereocenters. The summed E-state index contributed by atoms with van der Waals surface area (Å²) < 4.78 is 2.04. The molecule has 5 heteroatoms. The first-order valence-electron chi connectivity index (χ1n) is 5.07. The van der Waals surface area contributed by atoms with E-state index in [0.717, 1.165) is 24.4 Å². The van der Waals surface area contributed by atoms with Gasteiger partial charge in [-0.15, -0.1) is 24.8 Å². The largest absolute Gasteiger partial charge is 0.399 e. The van der Waals surface area contributed by atoms with E-state index in [1.165, 1.54) is 5.56 Å². The highest BCUT2D eigenvalue weighted by atomic mass is 35.5. The molecule has 1 aromatic heterocycles. The van der Waals surface area contributed by atoms with Crippen LogP contribution in [0.25, 0.3) is 0 Å². The van der Waals surface area contributed by atoms with Crippen molar-refractivity contribution >= 4 is 30.5 Å². The lowest BCUT2D eigenvalue weighted by Crippen LogP contribution is -2.01. The van der Waals surface area contributed by atoms with E-state index in [-0.39, 0.29) is 24.8 Å². The fraction of sp³-hybridized carbons (Fsp3) is 0.250. The summed E-state index contributed by atoms with van der Waals surface area (Å²) >= 11 is 0. The van der Waals surface area contributed by atoms with Gasteiger partial charge in [0.25, 0.3) is 0 Å². The van der Waals surface area contributed by atoms with Crippen LogP contribution in [0.2, 0.25) is 0 Å². The van der Waals surface area contributed by atoms with Gasteiger partial charge in [0.1, 0.15) is 5.82 Å². The van der Waals surface area contributed by atoms with E-state index in [1.54, 1.807) is 0 Å². The molecule has 2 rings (SSSR count). The molecule has 0 aliphatic rings. The number of rotatable bonds is 3. The van der Waals surface area contributed by atoms with Gasteiger partial charge in [0.15, 0.2) is 0 Å². The Balaban J connectivity index is 0.00000128. The zero-order valence-corrected chi connectivity index (χ0v) is 11.3. The molecule has 0 saturated carbocycles. The Bertz CT molecular complexity index is 455. The number of nitrogens with two attached hydrogens (primary N) is 1. The lowest BCUT2D eigenvalue weighted by atomic mass is 10.1. The predicted molar refractivity (Wildman–Crippen MR) is 76.0 cm³/mol. The predicted octanol–water partition coefficient (Wildman–Crippen LogP) is 2.63. The van der Waals surface area contributed by atoms with Crippen molar-refractivity contribution in [2.24, 2.45) is 7.05 Å². The lowest BCUT2D eigenvalue weighted by molar-refractivity contribution is 0.772. The molecule has 0 unspecified atom stereocenters. The summed E-state index contributed by atoms with van der Waals surface area (Å²) in [5.74, 6) is 1.10. The Hall–Kier alpha value is -1.19. The molecule has 1 heterocycles. The number of hydrogen-bond donors (Lipinski definition) is 1. The van der Waals surface area contributed by atoms with Crippen LogP contribution in [0.4, 0.5) is 5.69 Å². The van der Waals surface area contributed by atoms with E-state index < -0.39 is 0 Å². The number of hydrogen-bond acceptors (Lipinski definition) is 2. The van der Waals surface area contributed by atoms with Crippen molar-refractivity contribution in [2.75, 3.05) is 5.73 Å². The second-order valence-electron chi connectivity index (χ2n) is 3.65. The molecule has 0 aliphatic carbocycles. The zero-order valence-electron chi connectivity index (χ0n) is 9.67. The SMILES string of the molecule is Cl.Cl.Cn1ccnc1CCc1ccccc1N. The Kier molecular flexibility index (Phi) is 6.69. The molecule has 94 valence electrons. The van der Waals surface area contributed by atoms with Gasteiger partial charge in [-0.25, -0.2) is 4.98 Å². The third-order valence-electron chi connectivity index (χ3n) is 2.59. The minimum Gasteiger partial charge on any atom is -0.399 e. The quantitative estimate of drug-likeness (QED) is 0.874. The van der Waals surface area contributed by atoms with Crippen LogP contribution in [0, 0.1) is 0 Å². The second kappa shape index (κ2) is 7.20. The molecule has 0 amide bonds. The van der Waals surface area contributed by atoms with Crippen molar-refractivity contribution < 1.29 is 0 Å². The van der Waals surface area contributed by atoms with Gasteiger partial charge in [0.2, 0.25) is 0 Å². The fourth-order valence-corrected chi connectivity index (χ4v) is 1.65. The fourth-order valence-electron chi connectivity index (χ4n) is 1.65. The minimum absolute atomic E-state index is 0. The third kappa shape index (κ3) is 3.95. The number of nitrogens with zero attached hydrogens (tertiary/aromatic N) is 2. The van der Waals surface area contributed by atoms with Crippen LogP contribution in [0.3, 0.4) is 0 Å². The zero-order chi connectivity index (χ0) is 10.7. The van der Waals surface area contributed by atoms with Crippen molar-refractivity contribution in [1.29, 1.82) is 0 Å². The van der Waals surface area contributed by atoms with Gasteiger partial charge in [-0.2, -0.15) is 0 Å². The second-order valence-corrected chi connectivity index (χ2v) is 3.65. The summed E-state index contributed by atoms with van der Waals surface area (Å²) in [6, 6.07) is 7.98. The van der Waals surface area contributed by atoms with Gasteiger partial charge in [0, 0.05) is 31.5 Å². The number of aryl methyl sites for hydroxylation is 3. The molecule has 0 bridgehead atoms. The van der Waals surface area contributed by atoms with Crippen molar-refractivity contribution in [2.45, 2.75) is 12.8 Å². The van der Waals surface area contributed by atoms with Crippen LogP contribution in [0.15, 0.2) is 36.7 Å². The number of anilines is 1. The number of aromatic nitrogens is 2. The molecule has 2 aromatic rings. The first-order valence-corrected chi connectivity index (χ1v) is 5.07. The van der Waals surface area contributed by atoms with Crippen LogP contribution in [0.5, 0.6) is 0 Å². The maximum Gasteiger partial charge on any atom is 0.108 e. The maximum atomic E-state index is 5.87. The monoisotopic (exact) mass is 273 g/mol. The van der Waals surface area contributed by atoms with Gasteiger partial charge < -0.3 is 10.3 Å². The molecule has 3 nitrogen and oxygen atoms in total. The van der Waals surface area contributed by atoms with Gasteiger partial charge >= 0.3 is 0 Å². The minimum atomic E-state index is 0. The van der Waals surface area contributed by atoms with E-state index >= 15 is 0 Å². The first-order chi connectivity index (χ1) is 7.27. The van der Waals surface area contributed by atoms with Crippen molar-refractivity contribution in [3.8, 4) is 0 Å². The Morgan fingerprint density at radius 1 is 1.18 bits per heavy atom. The Labute approximate surface area is 114 Å². The number of para-hydroxylation sites is 1. The van der Waals surface area contributed by atoms with Crippen LogP contribution in [0.1, 0.15) is 11.4 Å². The van der Waals surface area contributed by atoms with E-state index in [2.05, 4.69) is 11.1 Å². The molecule has 0 saturated heterocycles. The van der Waals surface area contributed by atoms with Gasteiger partial charge in [-0.1, -0.05) is 18.2 Å². The summed E-state index contributed by atoms with van der Waals surface area (Å²) in [7, 11) is 2.01. The Morgan fingerprint density at radius 3 is 2.47 bits per heavy atom. The highest BCUT2D eigenvalue weighted by molar-refractivity contribution is 5.85. The van der Waals surface area contributed by atoms with E-state index in [0.29, 0.717) is 0 Å². The molecule has 0 fully saturated rings. The van der Waals surface area contributed by atoms with Crippen molar-refractivity contribution in [1.82, 2.24) is 9.55 Å². The Morgan fingerprint density at radius 2 is 1.88 bits per heavy atom. The average molecular weight is 274 g/mol. The van der Waals surface area contributed by atoms with E-state index in [4.69, 9.17) is 5.73 Å². The van der Waals surface area contributed by atoms with Gasteiger partial charge in [-0.3, -0.25) is 0 Å². The summed E-state index contributed by atoms with van der Waals surface area (Å²) in [5, 5.41) is 0. The summed E-state index contributed by atoms with van der Waals surface area (Å²) in [6.07, 6.45) is 5.66. The summed E-state index contributed by atoms with van der Waals surface area (Å²) in [4.78, 5) is 4.28. The average Bonchev–Trinajstić information content (AvgIpc) is 2.63. The molecule has 17 heavy (non-hydrogen) atoms. The van der Waals surface area contributed by atoms with E-state index in [9.17, 15) is 0 Å². The highest BCUT2D eigenvalue weighted by Gasteiger charge is 2.02. The smallest absolute Gasteiger partial charge is 0.108 e. The molecule has 0 aliphatic heterocycles. The molecule has 0 spiro atoms. The maximum absolute atomic E-state index is 5.87. The van der Waals surface area contributed by atoms with Crippen LogP contribution >= 0.6 is 24.8 Å². The van der Waals surface area contributed by atoms with E-state index in [1.807, 2.05) is 42.2 Å².